The van der Waals surface area contributed by atoms with Crippen LogP contribution >= 0.6 is 15.9 Å². The molecule has 0 heterocycles. The molecule has 0 saturated carbocycles. The maximum absolute atomic E-state index is 8.66. The van der Waals surface area contributed by atoms with Crippen molar-refractivity contribution in [2.75, 3.05) is 0 Å². The smallest absolute Gasteiger partial charge is 0.107 e. The Morgan fingerprint density at radius 1 is 1.25 bits per heavy atom. The summed E-state index contributed by atoms with van der Waals surface area (Å²) in [7, 11) is 0. The number of nitriles is 2. The van der Waals surface area contributed by atoms with Crippen LogP contribution in [0.15, 0.2) is 58.2 Å². The van der Waals surface area contributed by atoms with Gasteiger partial charge in [0.15, 0.2) is 0 Å². The molecule has 0 amide bonds. The number of hydrogen-bond donors (Lipinski definition) is 0. The molecule has 0 spiro atoms. The molecule has 2 nitrogen and oxygen atoms in total. The van der Waals surface area contributed by atoms with Gasteiger partial charge in [0.05, 0.1) is 10.6 Å². The van der Waals surface area contributed by atoms with Crippen molar-refractivity contribution in [1.29, 1.82) is 10.5 Å². The minimum atomic E-state index is 0.498. The van der Waals surface area contributed by atoms with E-state index in [9.17, 15) is 0 Å². The molecule has 0 aromatic heterocycles. The van der Waals surface area contributed by atoms with Crippen LogP contribution in [-0.4, -0.2) is 0 Å². The summed E-state index contributed by atoms with van der Waals surface area (Å²) in [6, 6.07) is 3.97. The first-order valence-corrected chi connectivity index (χ1v) is 5.45. The van der Waals surface area contributed by atoms with Crippen LogP contribution in [0.25, 0.3) is 0 Å². The van der Waals surface area contributed by atoms with Crippen molar-refractivity contribution < 1.29 is 0 Å². The van der Waals surface area contributed by atoms with Crippen molar-refractivity contribution >= 4 is 15.9 Å². The van der Waals surface area contributed by atoms with Crippen LogP contribution in [0.2, 0.25) is 0 Å². The maximum Gasteiger partial charge on any atom is 0.107 e. The van der Waals surface area contributed by atoms with E-state index in [-0.39, 0.29) is 0 Å². The summed E-state index contributed by atoms with van der Waals surface area (Å²) in [5, 5.41) is 17.1. The molecular formula is C13H9BrN2. The van der Waals surface area contributed by atoms with Gasteiger partial charge < -0.3 is 0 Å². The van der Waals surface area contributed by atoms with Crippen molar-refractivity contribution in [2.45, 2.75) is 6.42 Å². The summed E-state index contributed by atoms with van der Waals surface area (Å²) >= 11 is 3.16. The lowest BCUT2D eigenvalue weighted by molar-refractivity contribution is 1.21. The van der Waals surface area contributed by atoms with Gasteiger partial charge >= 0.3 is 0 Å². The molecular weight excluding hydrogens is 264 g/mol. The molecule has 1 aliphatic carbocycles. The molecule has 0 aromatic carbocycles. The van der Waals surface area contributed by atoms with Gasteiger partial charge in [-0.2, -0.15) is 10.5 Å². The van der Waals surface area contributed by atoms with E-state index in [2.05, 4.69) is 15.9 Å². The van der Waals surface area contributed by atoms with E-state index < -0.39 is 0 Å². The summed E-state index contributed by atoms with van der Waals surface area (Å²) in [5.41, 5.74) is 2.06. The average Bonchev–Trinajstić information content (AvgIpc) is 2.51. The molecule has 0 aromatic rings. The highest BCUT2D eigenvalue weighted by atomic mass is 79.9. The molecule has 0 fully saturated rings. The van der Waals surface area contributed by atoms with E-state index in [4.69, 9.17) is 10.5 Å². The average molecular weight is 273 g/mol. The van der Waals surface area contributed by atoms with Crippen molar-refractivity contribution in [1.82, 2.24) is 0 Å². The highest BCUT2D eigenvalue weighted by Gasteiger charge is 2.00. The molecule has 3 heteroatoms. The molecule has 1 aliphatic rings. The zero-order valence-corrected chi connectivity index (χ0v) is 10.1. The van der Waals surface area contributed by atoms with Gasteiger partial charge in [0.2, 0.25) is 0 Å². The number of halogens is 1. The maximum atomic E-state index is 8.66. The lowest BCUT2D eigenvalue weighted by Gasteiger charge is -2.00. The fraction of sp³-hybridized carbons (Fsp3) is 0.0769. The predicted octanol–water partition coefficient (Wildman–Crippen LogP) is 3.68. The summed E-state index contributed by atoms with van der Waals surface area (Å²) in [6.45, 7) is 0. The summed E-state index contributed by atoms with van der Waals surface area (Å²) in [4.78, 5) is 0. The second-order valence-electron chi connectivity index (χ2n) is 3.11. The Kier molecular flexibility index (Phi) is 5.05. The lowest BCUT2D eigenvalue weighted by Crippen LogP contribution is -1.82. The van der Waals surface area contributed by atoms with Gasteiger partial charge in [-0.25, -0.2) is 0 Å². The summed E-state index contributed by atoms with van der Waals surface area (Å²) < 4.78 is 0.498. The van der Waals surface area contributed by atoms with Gasteiger partial charge in [-0.05, 0) is 45.6 Å². The topological polar surface area (TPSA) is 47.6 Å². The Balaban J connectivity index is 2.87. The largest absolute Gasteiger partial charge is 0.193 e. The van der Waals surface area contributed by atoms with Gasteiger partial charge in [-0.3, -0.25) is 0 Å². The Hall–Kier alpha value is -1.84. The number of rotatable bonds is 2. The molecule has 0 N–H and O–H groups in total. The third-order valence-corrected chi connectivity index (χ3v) is 2.34. The van der Waals surface area contributed by atoms with Gasteiger partial charge in [0, 0.05) is 6.08 Å². The van der Waals surface area contributed by atoms with Gasteiger partial charge in [0.25, 0.3) is 0 Å². The van der Waals surface area contributed by atoms with Gasteiger partial charge in [0.1, 0.15) is 6.07 Å². The SMILES string of the molecule is N#CC=CC1=CC=CC=C(C=C(Br)C#N)C1. The monoisotopic (exact) mass is 272 g/mol. The second-order valence-corrected chi connectivity index (χ2v) is 3.97. The second kappa shape index (κ2) is 6.61. The zero-order valence-electron chi connectivity index (χ0n) is 8.52. The van der Waals surface area contributed by atoms with Crippen LogP contribution in [0, 0.1) is 22.7 Å². The molecule has 0 radical (unpaired) electrons. The summed E-state index contributed by atoms with van der Waals surface area (Å²) in [5.74, 6) is 0. The highest BCUT2D eigenvalue weighted by Crippen LogP contribution is 2.19. The normalized spacial score (nSPS) is 16.1. The fourth-order valence-electron chi connectivity index (χ4n) is 1.26. The van der Waals surface area contributed by atoms with Crippen LogP contribution in [-0.2, 0) is 0 Å². The zero-order chi connectivity index (χ0) is 11.8. The van der Waals surface area contributed by atoms with Crippen LogP contribution in [0.3, 0.4) is 0 Å². The lowest BCUT2D eigenvalue weighted by atomic mass is 10.1. The number of allylic oxidation sites excluding steroid dienone is 10. The van der Waals surface area contributed by atoms with Crippen LogP contribution in [0.5, 0.6) is 0 Å². The minimum absolute atomic E-state index is 0.498. The van der Waals surface area contributed by atoms with Crippen molar-refractivity contribution in [3.05, 3.63) is 58.2 Å². The van der Waals surface area contributed by atoms with E-state index >= 15 is 0 Å². The molecule has 0 bridgehead atoms. The first-order valence-electron chi connectivity index (χ1n) is 4.66. The standard InChI is InChI=1S/C13H9BrN2/c14-13(10-16)9-12-5-2-1-4-11(8-12)6-3-7-15/h1-6,9H,8H2. The molecule has 0 saturated heterocycles. The first-order chi connectivity index (χ1) is 7.76. The molecule has 0 atom stereocenters. The van der Waals surface area contributed by atoms with Gasteiger partial charge in [-0.1, -0.05) is 24.3 Å². The highest BCUT2D eigenvalue weighted by molar-refractivity contribution is 9.12. The molecule has 78 valence electrons. The molecule has 0 aliphatic heterocycles. The number of nitrogens with zero attached hydrogens (tertiary/aromatic N) is 2. The Morgan fingerprint density at radius 3 is 2.56 bits per heavy atom. The van der Waals surface area contributed by atoms with E-state index in [0.29, 0.717) is 10.9 Å². The number of hydrogen-bond acceptors (Lipinski definition) is 2. The molecule has 16 heavy (non-hydrogen) atoms. The molecule has 1 rings (SSSR count). The van der Waals surface area contributed by atoms with Crippen molar-refractivity contribution in [3.8, 4) is 12.1 Å². The minimum Gasteiger partial charge on any atom is -0.193 e. The molecule has 0 unspecified atom stereocenters. The van der Waals surface area contributed by atoms with E-state index in [0.717, 1.165) is 11.1 Å². The predicted molar refractivity (Wildman–Crippen MR) is 67.3 cm³/mol. The van der Waals surface area contributed by atoms with Crippen LogP contribution < -0.4 is 0 Å². The van der Waals surface area contributed by atoms with E-state index in [1.54, 1.807) is 12.2 Å². The quantitative estimate of drug-likeness (QED) is 0.720. The fourth-order valence-corrected chi connectivity index (χ4v) is 1.56. The van der Waals surface area contributed by atoms with Crippen LogP contribution in [0.1, 0.15) is 6.42 Å². The first kappa shape index (κ1) is 12.2. The van der Waals surface area contributed by atoms with E-state index in [1.165, 1.54) is 6.08 Å². The summed E-state index contributed by atoms with van der Waals surface area (Å²) in [6.07, 6.45) is 13.4. The van der Waals surface area contributed by atoms with Crippen molar-refractivity contribution in [3.63, 3.8) is 0 Å². The van der Waals surface area contributed by atoms with E-state index in [1.807, 2.05) is 36.4 Å². The Labute approximate surface area is 103 Å². The van der Waals surface area contributed by atoms with Gasteiger partial charge in [-0.15, -0.1) is 0 Å². The third kappa shape index (κ3) is 4.13. The Bertz CT molecular complexity index is 491. The third-order valence-electron chi connectivity index (χ3n) is 1.93. The van der Waals surface area contributed by atoms with Crippen LogP contribution in [0.4, 0.5) is 0 Å². The van der Waals surface area contributed by atoms with Crippen molar-refractivity contribution in [2.24, 2.45) is 0 Å². The Morgan fingerprint density at radius 2 is 1.94 bits per heavy atom.